The topological polar surface area (TPSA) is 0 Å². The summed E-state index contributed by atoms with van der Waals surface area (Å²) in [6, 6.07) is 0. The standard InChI is InChI=1S/C15H26S/c1-7-10-14(13(6)8-2)15(16-9-3)11-12(4)5/h7,10-11,13H,8-9H2,1-6H3/b10-7-,15-14-. The minimum absolute atomic E-state index is 0.640. The molecule has 0 saturated carbocycles. The van der Waals surface area contributed by atoms with E-state index in [0.717, 1.165) is 5.75 Å². The van der Waals surface area contributed by atoms with Crippen LogP contribution in [0.3, 0.4) is 0 Å². The minimum atomic E-state index is 0.640. The number of allylic oxidation sites excluding steroid dienone is 5. The molecular formula is C15H26S. The summed E-state index contributed by atoms with van der Waals surface area (Å²) in [5, 5.41) is 0. The van der Waals surface area contributed by atoms with E-state index in [0.29, 0.717) is 5.92 Å². The Morgan fingerprint density at radius 3 is 2.25 bits per heavy atom. The zero-order valence-electron chi connectivity index (χ0n) is 11.6. The quantitative estimate of drug-likeness (QED) is 0.544. The van der Waals surface area contributed by atoms with E-state index in [1.54, 1.807) is 0 Å². The normalized spacial score (nSPS) is 14.9. The van der Waals surface area contributed by atoms with E-state index in [-0.39, 0.29) is 0 Å². The Balaban J connectivity index is 5.33. The lowest BCUT2D eigenvalue weighted by atomic mass is 9.97. The molecule has 16 heavy (non-hydrogen) atoms. The van der Waals surface area contributed by atoms with Gasteiger partial charge >= 0.3 is 0 Å². The van der Waals surface area contributed by atoms with Crippen molar-refractivity contribution in [1.29, 1.82) is 0 Å². The fraction of sp³-hybridized carbons (Fsp3) is 0.600. The smallest absolute Gasteiger partial charge is 0.0106 e. The first-order valence-electron chi connectivity index (χ1n) is 6.21. The third kappa shape index (κ3) is 5.60. The van der Waals surface area contributed by atoms with Gasteiger partial charge in [-0.3, -0.25) is 0 Å². The summed E-state index contributed by atoms with van der Waals surface area (Å²) < 4.78 is 0. The van der Waals surface area contributed by atoms with Crippen molar-refractivity contribution in [2.45, 2.75) is 48.0 Å². The van der Waals surface area contributed by atoms with Gasteiger partial charge in [-0.1, -0.05) is 38.5 Å². The van der Waals surface area contributed by atoms with Crippen molar-refractivity contribution in [3.63, 3.8) is 0 Å². The summed E-state index contributed by atoms with van der Waals surface area (Å²) in [5.41, 5.74) is 2.86. The second-order valence-electron chi connectivity index (χ2n) is 4.28. The van der Waals surface area contributed by atoms with Crippen molar-refractivity contribution in [3.05, 3.63) is 34.3 Å². The van der Waals surface area contributed by atoms with Crippen LogP contribution >= 0.6 is 11.8 Å². The summed E-state index contributed by atoms with van der Waals surface area (Å²) in [6.45, 7) is 13.2. The zero-order chi connectivity index (χ0) is 12.6. The minimum Gasteiger partial charge on any atom is -0.126 e. The van der Waals surface area contributed by atoms with Gasteiger partial charge in [0.15, 0.2) is 0 Å². The molecule has 0 radical (unpaired) electrons. The molecule has 1 atom stereocenters. The Labute approximate surface area is 106 Å². The van der Waals surface area contributed by atoms with E-state index in [1.165, 1.54) is 22.5 Å². The molecule has 0 rings (SSSR count). The van der Waals surface area contributed by atoms with Gasteiger partial charge in [0.2, 0.25) is 0 Å². The second-order valence-corrected chi connectivity index (χ2v) is 5.59. The van der Waals surface area contributed by atoms with E-state index < -0.39 is 0 Å². The lowest BCUT2D eigenvalue weighted by molar-refractivity contribution is 0.669. The van der Waals surface area contributed by atoms with Crippen LogP contribution in [-0.4, -0.2) is 5.75 Å². The summed E-state index contributed by atoms with van der Waals surface area (Å²) in [7, 11) is 0. The maximum Gasteiger partial charge on any atom is 0.0106 e. The highest BCUT2D eigenvalue weighted by Gasteiger charge is 2.08. The molecule has 0 heterocycles. The van der Waals surface area contributed by atoms with Gasteiger partial charge in [0.1, 0.15) is 0 Å². The Hall–Kier alpha value is -0.430. The van der Waals surface area contributed by atoms with Crippen LogP contribution in [-0.2, 0) is 0 Å². The van der Waals surface area contributed by atoms with E-state index in [9.17, 15) is 0 Å². The van der Waals surface area contributed by atoms with Gasteiger partial charge in [0, 0.05) is 4.91 Å². The maximum atomic E-state index is 2.32. The van der Waals surface area contributed by atoms with Gasteiger partial charge in [-0.05, 0) is 50.5 Å². The molecule has 0 aromatic carbocycles. The van der Waals surface area contributed by atoms with Crippen molar-refractivity contribution in [3.8, 4) is 0 Å². The van der Waals surface area contributed by atoms with Crippen molar-refractivity contribution in [2.24, 2.45) is 5.92 Å². The van der Waals surface area contributed by atoms with E-state index >= 15 is 0 Å². The number of rotatable bonds is 6. The van der Waals surface area contributed by atoms with Gasteiger partial charge < -0.3 is 0 Å². The molecule has 0 aliphatic rings. The summed E-state index contributed by atoms with van der Waals surface area (Å²) in [5.74, 6) is 1.78. The molecular weight excluding hydrogens is 212 g/mol. The SMILES string of the molecule is C/C=C\C(=C(/C=C(C)C)SCC)C(C)CC. The molecule has 0 aliphatic carbocycles. The Morgan fingerprint density at radius 1 is 1.25 bits per heavy atom. The van der Waals surface area contributed by atoms with Gasteiger partial charge in [-0.25, -0.2) is 0 Å². The summed E-state index contributed by atoms with van der Waals surface area (Å²) in [4.78, 5) is 1.44. The molecule has 0 saturated heterocycles. The molecule has 0 N–H and O–H groups in total. The largest absolute Gasteiger partial charge is 0.126 e. The molecule has 0 amide bonds. The highest BCUT2D eigenvalue weighted by atomic mass is 32.2. The van der Waals surface area contributed by atoms with Crippen LogP contribution in [0.15, 0.2) is 34.3 Å². The fourth-order valence-corrected chi connectivity index (χ4v) is 2.58. The first kappa shape index (κ1) is 15.6. The summed E-state index contributed by atoms with van der Waals surface area (Å²) in [6.07, 6.45) is 7.93. The molecule has 0 aromatic heterocycles. The Bertz CT molecular complexity index is 278. The first-order chi connectivity index (χ1) is 7.56. The van der Waals surface area contributed by atoms with Gasteiger partial charge in [0.05, 0.1) is 0 Å². The molecule has 0 bridgehead atoms. The van der Waals surface area contributed by atoms with Crippen molar-refractivity contribution in [2.75, 3.05) is 5.75 Å². The highest BCUT2D eigenvalue weighted by molar-refractivity contribution is 8.03. The fourth-order valence-electron chi connectivity index (χ4n) is 1.51. The Kier molecular flexibility index (Phi) is 8.46. The van der Waals surface area contributed by atoms with Crippen molar-refractivity contribution >= 4 is 11.8 Å². The Morgan fingerprint density at radius 2 is 1.88 bits per heavy atom. The maximum absolute atomic E-state index is 2.32. The molecule has 0 spiro atoms. The average Bonchev–Trinajstić information content (AvgIpc) is 2.23. The molecule has 0 aromatic rings. The van der Waals surface area contributed by atoms with Crippen molar-refractivity contribution in [1.82, 2.24) is 0 Å². The molecule has 92 valence electrons. The third-order valence-electron chi connectivity index (χ3n) is 2.49. The molecule has 0 nitrogen and oxygen atoms in total. The monoisotopic (exact) mass is 238 g/mol. The van der Waals surface area contributed by atoms with Gasteiger partial charge in [0.25, 0.3) is 0 Å². The zero-order valence-corrected chi connectivity index (χ0v) is 12.4. The van der Waals surface area contributed by atoms with Crippen LogP contribution in [0.1, 0.15) is 48.0 Å². The van der Waals surface area contributed by atoms with Crippen LogP contribution in [0.4, 0.5) is 0 Å². The van der Waals surface area contributed by atoms with E-state index in [1.807, 2.05) is 11.8 Å². The summed E-state index contributed by atoms with van der Waals surface area (Å²) >= 11 is 1.95. The second kappa shape index (κ2) is 8.69. The third-order valence-corrected chi connectivity index (χ3v) is 3.45. The van der Waals surface area contributed by atoms with E-state index in [2.05, 4.69) is 59.8 Å². The predicted molar refractivity (Wildman–Crippen MR) is 78.9 cm³/mol. The highest BCUT2D eigenvalue weighted by Crippen LogP contribution is 2.29. The average molecular weight is 238 g/mol. The van der Waals surface area contributed by atoms with Crippen LogP contribution in [0, 0.1) is 5.92 Å². The molecule has 1 unspecified atom stereocenters. The van der Waals surface area contributed by atoms with Crippen LogP contribution < -0.4 is 0 Å². The van der Waals surface area contributed by atoms with Gasteiger partial charge in [-0.2, -0.15) is 0 Å². The lowest BCUT2D eigenvalue weighted by Crippen LogP contribution is -1.98. The molecule has 0 aliphatic heterocycles. The van der Waals surface area contributed by atoms with Crippen molar-refractivity contribution < 1.29 is 0 Å². The van der Waals surface area contributed by atoms with Crippen LogP contribution in [0.5, 0.6) is 0 Å². The molecule has 1 heteroatoms. The van der Waals surface area contributed by atoms with Crippen LogP contribution in [0.2, 0.25) is 0 Å². The number of hydrogen-bond acceptors (Lipinski definition) is 1. The lowest BCUT2D eigenvalue weighted by Gasteiger charge is -2.15. The van der Waals surface area contributed by atoms with Crippen LogP contribution in [0.25, 0.3) is 0 Å². The molecule has 0 fully saturated rings. The first-order valence-corrected chi connectivity index (χ1v) is 7.19. The number of thioether (sulfide) groups is 1. The van der Waals surface area contributed by atoms with E-state index in [4.69, 9.17) is 0 Å². The number of hydrogen-bond donors (Lipinski definition) is 0. The van der Waals surface area contributed by atoms with Gasteiger partial charge in [-0.15, -0.1) is 11.8 Å². The predicted octanol–water partition coefficient (Wildman–Crippen LogP) is 5.58.